The lowest BCUT2D eigenvalue weighted by Gasteiger charge is -2.44. The predicted molar refractivity (Wildman–Crippen MR) is 53.5 cm³/mol. The Bertz CT molecular complexity index is 256. The minimum atomic E-state index is -4.53. The topological polar surface area (TPSA) is 38.7 Å². The zero-order chi connectivity index (χ0) is 12.5. The lowest BCUT2D eigenvalue weighted by atomic mass is 9.78. The second kappa shape index (κ2) is 4.74. The van der Waals surface area contributed by atoms with E-state index in [0.717, 1.165) is 0 Å². The van der Waals surface area contributed by atoms with Gasteiger partial charge in [-0.3, -0.25) is 0 Å². The summed E-state index contributed by atoms with van der Waals surface area (Å²) in [4.78, 5) is 0. The number of aliphatic hydroxyl groups is 1. The van der Waals surface area contributed by atoms with Crippen molar-refractivity contribution < 1.29 is 27.8 Å². The molecule has 1 spiro atoms. The van der Waals surface area contributed by atoms with Crippen molar-refractivity contribution in [2.45, 2.75) is 43.6 Å². The van der Waals surface area contributed by atoms with Crippen LogP contribution >= 0.6 is 0 Å². The molecule has 0 aromatic rings. The van der Waals surface area contributed by atoms with Crippen molar-refractivity contribution in [1.82, 2.24) is 0 Å². The molecule has 2 atom stereocenters. The maximum Gasteiger partial charge on any atom is 0.414 e. The van der Waals surface area contributed by atoms with Crippen LogP contribution in [0.25, 0.3) is 0 Å². The summed E-state index contributed by atoms with van der Waals surface area (Å²) in [5.41, 5.74) is -0.507. The fourth-order valence-electron chi connectivity index (χ4n) is 2.69. The molecule has 1 N–H and O–H groups in total. The van der Waals surface area contributed by atoms with Crippen LogP contribution in [-0.2, 0) is 9.47 Å². The van der Waals surface area contributed by atoms with Gasteiger partial charge in [0.05, 0.1) is 5.60 Å². The summed E-state index contributed by atoms with van der Waals surface area (Å²) in [6.45, 7) is 1.33. The molecular formula is C11H17F3O3. The van der Waals surface area contributed by atoms with Crippen molar-refractivity contribution in [1.29, 1.82) is 0 Å². The van der Waals surface area contributed by atoms with Crippen LogP contribution in [0.3, 0.4) is 0 Å². The molecule has 0 aromatic carbocycles. The second-order valence-electron chi connectivity index (χ2n) is 4.88. The molecule has 2 heterocycles. The molecular weight excluding hydrogens is 237 g/mol. The number of rotatable bonds is 1. The molecule has 2 saturated heterocycles. The second-order valence-corrected chi connectivity index (χ2v) is 4.88. The lowest BCUT2D eigenvalue weighted by molar-refractivity contribution is -0.240. The molecule has 100 valence electrons. The van der Waals surface area contributed by atoms with Crippen molar-refractivity contribution in [2.75, 3.05) is 19.8 Å². The molecule has 2 aliphatic heterocycles. The molecule has 0 bridgehead atoms. The summed E-state index contributed by atoms with van der Waals surface area (Å²) in [6, 6.07) is 0. The van der Waals surface area contributed by atoms with Gasteiger partial charge in [0.1, 0.15) is 0 Å². The van der Waals surface area contributed by atoms with E-state index in [0.29, 0.717) is 26.1 Å². The first kappa shape index (κ1) is 13.1. The normalized spacial score (nSPS) is 31.4. The van der Waals surface area contributed by atoms with Gasteiger partial charge in [-0.15, -0.1) is 0 Å². The van der Waals surface area contributed by atoms with Gasteiger partial charge >= 0.3 is 6.18 Å². The Balaban J connectivity index is 2.01. The first-order chi connectivity index (χ1) is 7.93. The van der Waals surface area contributed by atoms with Gasteiger partial charge in [0.15, 0.2) is 6.10 Å². The van der Waals surface area contributed by atoms with E-state index in [1.165, 1.54) is 0 Å². The van der Waals surface area contributed by atoms with Crippen LogP contribution in [0.1, 0.15) is 25.7 Å². The largest absolute Gasteiger partial charge is 0.414 e. The highest BCUT2D eigenvalue weighted by Gasteiger charge is 2.48. The van der Waals surface area contributed by atoms with Crippen LogP contribution in [0.15, 0.2) is 0 Å². The van der Waals surface area contributed by atoms with Gasteiger partial charge in [-0.1, -0.05) is 0 Å². The molecule has 2 rings (SSSR count). The molecule has 17 heavy (non-hydrogen) atoms. The molecule has 0 saturated carbocycles. The maximum atomic E-state index is 12.5. The predicted octanol–water partition coefficient (Wildman–Crippen LogP) is 1.89. The average Bonchev–Trinajstić information content (AvgIpc) is 2.28. The number of aliphatic hydroxyl groups excluding tert-OH is 1. The summed E-state index contributed by atoms with van der Waals surface area (Å²) >= 11 is 0. The van der Waals surface area contributed by atoms with Crippen LogP contribution in [0.5, 0.6) is 0 Å². The molecule has 0 aromatic heterocycles. The van der Waals surface area contributed by atoms with Gasteiger partial charge in [-0.25, -0.2) is 0 Å². The Hall–Kier alpha value is -0.330. The van der Waals surface area contributed by atoms with E-state index in [9.17, 15) is 18.3 Å². The maximum absolute atomic E-state index is 12.5. The highest BCUT2D eigenvalue weighted by atomic mass is 19.4. The SMILES string of the molecule is O[C@@H](C1CCOC2(CCOCC2)C1)C(F)(F)F. The Morgan fingerprint density at radius 1 is 1.18 bits per heavy atom. The number of halogens is 3. The molecule has 0 aliphatic carbocycles. The van der Waals surface area contributed by atoms with Crippen LogP contribution in [-0.4, -0.2) is 42.8 Å². The third kappa shape index (κ3) is 2.92. The number of alkyl halides is 3. The van der Waals surface area contributed by atoms with Crippen molar-refractivity contribution in [3.8, 4) is 0 Å². The third-order valence-corrected chi connectivity index (χ3v) is 3.72. The Morgan fingerprint density at radius 3 is 2.41 bits per heavy atom. The van der Waals surface area contributed by atoms with Crippen molar-refractivity contribution in [3.05, 3.63) is 0 Å². The minimum absolute atomic E-state index is 0.267. The zero-order valence-corrected chi connectivity index (χ0v) is 9.50. The van der Waals surface area contributed by atoms with E-state index in [1.54, 1.807) is 0 Å². The van der Waals surface area contributed by atoms with Gasteiger partial charge in [0.2, 0.25) is 0 Å². The van der Waals surface area contributed by atoms with Crippen LogP contribution in [0.2, 0.25) is 0 Å². The van der Waals surface area contributed by atoms with E-state index in [4.69, 9.17) is 9.47 Å². The third-order valence-electron chi connectivity index (χ3n) is 3.72. The van der Waals surface area contributed by atoms with Crippen molar-refractivity contribution in [3.63, 3.8) is 0 Å². The fraction of sp³-hybridized carbons (Fsp3) is 1.00. The highest BCUT2D eigenvalue weighted by Crippen LogP contribution is 2.41. The van der Waals surface area contributed by atoms with Gasteiger partial charge in [0.25, 0.3) is 0 Å². The standard InChI is InChI=1S/C11H17F3O3/c12-11(13,14)9(15)8-1-4-17-10(7-8)2-5-16-6-3-10/h8-9,15H,1-7H2/t8?,9-/m0/s1. The fourth-order valence-corrected chi connectivity index (χ4v) is 2.69. The molecule has 0 radical (unpaired) electrons. The Morgan fingerprint density at radius 2 is 1.82 bits per heavy atom. The van der Waals surface area contributed by atoms with Crippen LogP contribution in [0, 0.1) is 5.92 Å². The van der Waals surface area contributed by atoms with Gasteiger partial charge in [-0.2, -0.15) is 13.2 Å². The quantitative estimate of drug-likeness (QED) is 0.776. The summed E-state index contributed by atoms with van der Waals surface area (Å²) in [7, 11) is 0. The van der Waals surface area contributed by atoms with Gasteiger partial charge in [0, 0.05) is 19.8 Å². The van der Waals surface area contributed by atoms with Gasteiger partial charge in [-0.05, 0) is 31.6 Å². The minimum Gasteiger partial charge on any atom is -0.383 e. The Kier molecular flexibility index (Phi) is 3.66. The van der Waals surface area contributed by atoms with E-state index < -0.39 is 23.8 Å². The number of hydrogen-bond acceptors (Lipinski definition) is 3. The summed E-state index contributed by atoms with van der Waals surface area (Å²) in [5.74, 6) is -0.748. The molecule has 6 heteroatoms. The lowest BCUT2D eigenvalue weighted by Crippen LogP contribution is -2.49. The van der Waals surface area contributed by atoms with Crippen LogP contribution < -0.4 is 0 Å². The number of hydrogen-bond donors (Lipinski definition) is 1. The molecule has 2 fully saturated rings. The highest BCUT2D eigenvalue weighted by molar-refractivity contribution is 4.92. The monoisotopic (exact) mass is 254 g/mol. The van der Waals surface area contributed by atoms with E-state index >= 15 is 0 Å². The Labute approximate surface area is 97.9 Å². The molecule has 2 aliphatic rings. The van der Waals surface area contributed by atoms with Crippen molar-refractivity contribution >= 4 is 0 Å². The van der Waals surface area contributed by atoms with E-state index in [2.05, 4.69) is 0 Å². The molecule has 3 nitrogen and oxygen atoms in total. The summed E-state index contributed by atoms with van der Waals surface area (Å²) in [5, 5.41) is 9.31. The first-order valence-corrected chi connectivity index (χ1v) is 5.89. The zero-order valence-electron chi connectivity index (χ0n) is 9.50. The van der Waals surface area contributed by atoms with Gasteiger partial charge < -0.3 is 14.6 Å². The summed E-state index contributed by atoms with van der Waals surface area (Å²) in [6.07, 6.45) is -4.98. The number of ether oxygens (including phenoxy) is 2. The molecule has 0 amide bonds. The van der Waals surface area contributed by atoms with Crippen LogP contribution in [0.4, 0.5) is 13.2 Å². The average molecular weight is 254 g/mol. The molecule has 1 unspecified atom stereocenters. The first-order valence-electron chi connectivity index (χ1n) is 5.89. The summed E-state index contributed by atoms with van der Waals surface area (Å²) < 4.78 is 48.3. The van der Waals surface area contributed by atoms with Crippen molar-refractivity contribution in [2.24, 2.45) is 5.92 Å². The van der Waals surface area contributed by atoms with E-state index in [-0.39, 0.29) is 19.4 Å². The van der Waals surface area contributed by atoms with E-state index in [1.807, 2.05) is 0 Å². The smallest absolute Gasteiger partial charge is 0.383 e.